The molecule has 0 unspecified atom stereocenters. The highest BCUT2D eigenvalue weighted by Crippen LogP contribution is 2.20. The van der Waals surface area contributed by atoms with Crippen LogP contribution in [0.1, 0.15) is 18.6 Å². The lowest BCUT2D eigenvalue weighted by molar-refractivity contribution is -0.119. The van der Waals surface area contributed by atoms with Gasteiger partial charge in [-0.15, -0.1) is 0 Å². The van der Waals surface area contributed by atoms with Crippen LogP contribution in [0, 0.1) is 6.92 Å². The first-order valence-corrected chi connectivity index (χ1v) is 7.50. The van der Waals surface area contributed by atoms with Gasteiger partial charge in [0.25, 0.3) is 0 Å². The summed E-state index contributed by atoms with van der Waals surface area (Å²) < 4.78 is 4.92. The first-order chi connectivity index (χ1) is 11.1. The summed E-state index contributed by atoms with van der Waals surface area (Å²) in [5, 5.41) is 9.24. The second-order valence-corrected chi connectivity index (χ2v) is 5.46. The maximum atomic E-state index is 12.4. The van der Waals surface area contributed by atoms with Crippen molar-refractivity contribution in [2.45, 2.75) is 25.8 Å². The van der Waals surface area contributed by atoms with Gasteiger partial charge in [-0.2, -0.15) is 0 Å². The van der Waals surface area contributed by atoms with E-state index in [1.165, 1.54) is 0 Å². The third-order valence-corrected chi connectivity index (χ3v) is 3.72. The number of amides is 3. The van der Waals surface area contributed by atoms with E-state index in [0.717, 1.165) is 6.42 Å². The van der Waals surface area contributed by atoms with Crippen LogP contribution in [0.5, 0.6) is 0 Å². The molecular weight excluding hydrogens is 296 g/mol. The topological polar surface area (TPSA) is 87.5 Å². The zero-order valence-corrected chi connectivity index (χ0v) is 12.8. The molecule has 1 atom stereocenters. The van der Waals surface area contributed by atoms with Crippen LogP contribution in [0.25, 0.3) is 0 Å². The van der Waals surface area contributed by atoms with Gasteiger partial charge >= 0.3 is 6.03 Å². The Hall–Kier alpha value is -2.83. The largest absolute Gasteiger partial charge is 0.360 e. The van der Waals surface area contributed by atoms with Crippen LogP contribution in [-0.2, 0) is 4.79 Å². The zero-order valence-electron chi connectivity index (χ0n) is 12.8. The lowest BCUT2D eigenvalue weighted by Crippen LogP contribution is -2.45. The van der Waals surface area contributed by atoms with Crippen molar-refractivity contribution in [2.24, 2.45) is 0 Å². The standard InChI is InChI=1S/C16H18N4O3/c1-11-10-14(19-23-11)18-15(21)13-8-5-9-20(13)16(22)17-12-6-3-2-4-7-12/h2-4,6-7,10,13H,5,8-9H2,1H3,(H,17,22)(H,18,19,21)/t13-/m0/s1. The predicted molar refractivity (Wildman–Crippen MR) is 85.1 cm³/mol. The van der Waals surface area contributed by atoms with E-state index in [1.54, 1.807) is 30.0 Å². The molecule has 2 N–H and O–H groups in total. The molecule has 2 heterocycles. The summed E-state index contributed by atoms with van der Waals surface area (Å²) in [6.45, 7) is 2.30. The number of urea groups is 1. The average molecular weight is 314 g/mol. The number of nitrogens with one attached hydrogen (secondary N) is 2. The van der Waals surface area contributed by atoms with Crippen LogP contribution in [0.4, 0.5) is 16.3 Å². The van der Waals surface area contributed by atoms with Gasteiger partial charge in [-0.3, -0.25) is 4.79 Å². The van der Waals surface area contributed by atoms with E-state index in [2.05, 4.69) is 15.8 Å². The number of nitrogens with zero attached hydrogens (tertiary/aromatic N) is 2. The van der Waals surface area contributed by atoms with Crippen molar-refractivity contribution in [1.29, 1.82) is 0 Å². The molecule has 2 aromatic rings. The molecule has 1 aliphatic rings. The quantitative estimate of drug-likeness (QED) is 0.911. The van der Waals surface area contributed by atoms with Gasteiger partial charge in [0.2, 0.25) is 5.91 Å². The molecule has 0 radical (unpaired) electrons. The number of para-hydroxylation sites is 1. The minimum atomic E-state index is -0.504. The van der Waals surface area contributed by atoms with Crippen LogP contribution in [0.2, 0.25) is 0 Å². The summed E-state index contributed by atoms with van der Waals surface area (Å²) in [6.07, 6.45) is 1.42. The minimum absolute atomic E-state index is 0.251. The van der Waals surface area contributed by atoms with Crippen LogP contribution in [0.3, 0.4) is 0 Å². The van der Waals surface area contributed by atoms with Crippen molar-refractivity contribution < 1.29 is 14.1 Å². The van der Waals surface area contributed by atoms with Crippen LogP contribution >= 0.6 is 0 Å². The van der Waals surface area contributed by atoms with Gasteiger partial charge in [-0.1, -0.05) is 23.4 Å². The average Bonchev–Trinajstić information content (AvgIpc) is 3.17. The smallest absolute Gasteiger partial charge is 0.322 e. The summed E-state index contributed by atoms with van der Waals surface area (Å²) in [7, 11) is 0. The lowest BCUT2D eigenvalue weighted by Gasteiger charge is -2.23. The first-order valence-electron chi connectivity index (χ1n) is 7.50. The van der Waals surface area contributed by atoms with Gasteiger partial charge in [0.1, 0.15) is 11.8 Å². The molecule has 7 nitrogen and oxygen atoms in total. The normalized spacial score (nSPS) is 17.1. The molecule has 0 saturated carbocycles. The third-order valence-electron chi connectivity index (χ3n) is 3.72. The van der Waals surface area contributed by atoms with Crippen molar-refractivity contribution >= 4 is 23.4 Å². The predicted octanol–water partition coefficient (Wildman–Crippen LogP) is 2.62. The van der Waals surface area contributed by atoms with E-state index < -0.39 is 6.04 Å². The number of carbonyl (C=O) groups excluding carboxylic acids is 2. The van der Waals surface area contributed by atoms with E-state index in [0.29, 0.717) is 30.2 Å². The number of hydrogen-bond acceptors (Lipinski definition) is 4. The van der Waals surface area contributed by atoms with Gasteiger partial charge in [0.15, 0.2) is 5.82 Å². The SMILES string of the molecule is Cc1cc(NC(=O)[C@@H]2CCCN2C(=O)Nc2ccccc2)no1. The van der Waals surface area contributed by atoms with Gasteiger partial charge in [0.05, 0.1) is 0 Å². The van der Waals surface area contributed by atoms with E-state index >= 15 is 0 Å². The van der Waals surface area contributed by atoms with Crippen LogP contribution in [-0.4, -0.2) is 34.6 Å². The number of aryl methyl sites for hydroxylation is 1. The first kappa shape index (κ1) is 15.1. The summed E-state index contributed by atoms with van der Waals surface area (Å²) >= 11 is 0. The number of aromatic nitrogens is 1. The molecule has 0 bridgehead atoms. The van der Waals surface area contributed by atoms with Gasteiger partial charge in [0, 0.05) is 18.3 Å². The zero-order chi connectivity index (χ0) is 16.2. The minimum Gasteiger partial charge on any atom is -0.360 e. The van der Waals surface area contributed by atoms with E-state index in [9.17, 15) is 9.59 Å². The number of hydrogen-bond donors (Lipinski definition) is 2. The molecule has 0 spiro atoms. The van der Waals surface area contributed by atoms with E-state index in [4.69, 9.17) is 4.52 Å². The molecule has 1 aliphatic heterocycles. The molecule has 120 valence electrons. The second kappa shape index (κ2) is 6.51. The number of likely N-dealkylation sites (tertiary alicyclic amines) is 1. The Morgan fingerprint density at radius 1 is 1.26 bits per heavy atom. The van der Waals surface area contributed by atoms with Gasteiger partial charge < -0.3 is 20.1 Å². The van der Waals surface area contributed by atoms with Crippen molar-refractivity contribution in [3.63, 3.8) is 0 Å². The molecule has 1 saturated heterocycles. The number of carbonyl (C=O) groups is 2. The number of rotatable bonds is 3. The van der Waals surface area contributed by atoms with E-state index in [-0.39, 0.29) is 11.9 Å². The second-order valence-electron chi connectivity index (χ2n) is 5.46. The molecule has 23 heavy (non-hydrogen) atoms. The van der Waals surface area contributed by atoms with Crippen molar-refractivity contribution in [3.05, 3.63) is 42.2 Å². The Balaban J connectivity index is 1.64. The molecule has 3 rings (SSSR count). The fourth-order valence-corrected chi connectivity index (χ4v) is 2.63. The highest BCUT2D eigenvalue weighted by molar-refractivity contribution is 5.99. The molecule has 7 heteroatoms. The Morgan fingerprint density at radius 3 is 2.74 bits per heavy atom. The molecular formula is C16H18N4O3. The maximum absolute atomic E-state index is 12.4. The molecule has 1 aromatic carbocycles. The molecule has 1 aromatic heterocycles. The highest BCUT2D eigenvalue weighted by atomic mass is 16.5. The summed E-state index contributed by atoms with van der Waals surface area (Å²) in [5.74, 6) is 0.729. The molecule has 3 amide bonds. The Kier molecular flexibility index (Phi) is 4.27. The monoisotopic (exact) mass is 314 g/mol. The van der Waals surface area contributed by atoms with Crippen molar-refractivity contribution in [2.75, 3.05) is 17.2 Å². The lowest BCUT2D eigenvalue weighted by atomic mass is 10.2. The maximum Gasteiger partial charge on any atom is 0.322 e. The van der Waals surface area contributed by atoms with Crippen LogP contribution in [0.15, 0.2) is 40.9 Å². The molecule has 0 aliphatic carbocycles. The van der Waals surface area contributed by atoms with Crippen molar-refractivity contribution in [3.8, 4) is 0 Å². The Bertz CT molecular complexity index is 698. The summed E-state index contributed by atoms with van der Waals surface area (Å²) in [6, 6.07) is 10.0. The van der Waals surface area contributed by atoms with E-state index in [1.807, 2.05) is 18.2 Å². The fraction of sp³-hybridized carbons (Fsp3) is 0.312. The van der Waals surface area contributed by atoms with Crippen LogP contribution < -0.4 is 10.6 Å². The summed E-state index contributed by atoms with van der Waals surface area (Å²) in [5.41, 5.74) is 0.704. The Labute approximate surface area is 133 Å². The fourth-order valence-electron chi connectivity index (χ4n) is 2.63. The van der Waals surface area contributed by atoms with Crippen molar-refractivity contribution in [1.82, 2.24) is 10.1 Å². The Morgan fingerprint density at radius 2 is 2.04 bits per heavy atom. The molecule has 1 fully saturated rings. The number of benzene rings is 1. The highest BCUT2D eigenvalue weighted by Gasteiger charge is 2.34. The van der Waals surface area contributed by atoms with Gasteiger partial charge in [-0.05, 0) is 31.9 Å². The van der Waals surface area contributed by atoms with Gasteiger partial charge in [-0.25, -0.2) is 4.79 Å². The third kappa shape index (κ3) is 3.50. The summed E-state index contributed by atoms with van der Waals surface area (Å²) in [4.78, 5) is 26.3. The number of anilines is 2.